The van der Waals surface area contributed by atoms with E-state index in [4.69, 9.17) is 51.7 Å². The molecule has 0 aliphatic heterocycles. The van der Waals surface area contributed by atoms with Crippen LogP contribution < -0.4 is 0 Å². The van der Waals surface area contributed by atoms with E-state index >= 15 is 0 Å². The Morgan fingerprint density at radius 2 is 1.39 bits per heavy atom. The minimum atomic E-state index is -0.648. The average molecular weight is 350 g/mol. The molecule has 0 aliphatic carbocycles. The van der Waals surface area contributed by atoms with Crippen molar-refractivity contribution in [1.82, 2.24) is 0 Å². The predicted molar refractivity (Wildman–Crippen MR) is 134 cm³/mol. The molecular weight excluding hydrogens is 329 g/mol. The highest BCUT2D eigenvalue weighted by atomic mass is 16.3. The fourth-order valence-corrected chi connectivity index (χ4v) is 2.62. The third kappa shape index (κ3) is 7.92. The molecule has 0 atom stereocenters. The fraction of sp³-hybridized carbons (Fsp3) is 0.533. The van der Waals surface area contributed by atoms with Crippen molar-refractivity contribution in [3.63, 3.8) is 0 Å². The number of nitrogens with zero attached hydrogens (tertiary/aromatic N) is 1. The Kier molecular flexibility index (Phi) is 10.5. The van der Waals surface area contributed by atoms with E-state index in [-0.39, 0.29) is 23.0 Å². The van der Waals surface area contributed by atoms with Gasteiger partial charge in [0.15, 0.2) is 0 Å². The van der Waals surface area contributed by atoms with Crippen molar-refractivity contribution < 1.29 is 5.11 Å². The summed E-state index contributed by atoms with van der Waals surface area (Å²) in [7, 11) is 33.5. The van der Waals surface area contributed by atoms with Gasteiger partial charge in [0.25, 0.3) is 0 Å². The Balaban J connectivity index is 0.000000576. The second-order valence-electron chi connectivity index (χ2n) is 9.03. The van der Waals surface area contributed by atoms with Crippen molar-refractivity contribution in [2.24, 2.45) is 0 Å². The molecule has 0 amide bonds. The Bertz CT molecular complexity index is 668. The zero-order chi connectivity index (χ0) is 22.4. The third-order valence-corrected chi connectivity index (χ3v) is 4.46. The molecule has 0 aliphatic rings. The zero-order valence-electron chi connectivity index (χ0n) is 17.9. The maximum atomic E-state index is 10.1. The summed E-state index contributed by atoms with van der Waals surface area (Å²) in [5.74, 6) is 0.119. The predicted octanol–water partition coefficient (Wildman–Crippen LogP) is -0.330. The molecule has 1 aromatic carbocycles. The smallest absolute Gasteiger partial charge is 0.137 e. The average Bonchev–Trinajstić information content (AvgIpc) is 2.52. The number of nitriles is 1. The number of hydrogen-bond donors (Lipinski definition) is 1. The van der Waals surface area contributed by atoms with E-state index in [1.54, 1.807) is 6.07 Å². The molecule has 0 saturated carbocycles. The molecule has 28 heavy (non-hydrogen) atoms. The van der Waals surface area contributed by atoms with E-state index in [0.29, 0.717) is 5.56 Å². The van der Waals surface area contributed by atoms with Gasteiger partial charge in [0.1, 0.15) is 11.8 Å². The molecule has 125 valence electrons. The molecule has 0 aromatic heterocycles. The van der Waals surface area contributed by atoms with E-state index in [9.17, 15) is 5.11 Å². The first-order valence-electron chi connectivity index (χ1n) is 9.19. The summed E-state index contributed by atoms with van der Waals surface area (Å²) in [6.45, 7) is 12.4. The SMILES string of the molecule is CC(C)(C)c1cc(C#N)c(O)c(C(C)(C)C)c1.[B][B]B([B])B(B([B])[B])B([B])[B]. The molecule has 0 bridgehead atoms. The zero-order valence-corrected chi connectivity index (χ0v) is 17.9. The lowest BCUT2D eigenvalue weighted by Gasteiger charge is -2.26. The summed E-state index contributed by atoms with van der Waals surface area (Å²) >= 11 is 0. The number of hydrogen-bond acceptors (Lipinski definition) is 2. The Morgan fingerprint density at radius 3 is 1.64 bits per heavy atom. The topological polar surface area (TPSA) is 44.0 Å². The number of phenols is 1. The first-order valence-corrected chi connectivity index (χ1v) is 9.19. The number of phenolic OH excluding ortho intramolecular Hbond substituents is 1. The van der Waals surface area contributed by atoms with Crippen molar-refractivity contribution in [2.75, 3.05) is 0 Å². The Morgan fingerprint density at radius 1 is 0.929 bits per heavy atom. The highest BCUT2D eigenvalue weighted by Gasteiger charge is 2.27. The standard InChI is InChI=1S/C15H21NO.B11/c1-14(2,3)11-7-10(9-16)13(17)12(8-11)15(4,5)6;1-7-10(6)11(8(2)3)9(4)5/h7-8,17H,1-6H3;. The lowest BCUT2D eigenvalue weighted by atomic mass is 8.56. The van der Waals surface area contributed by atoms with Crippen molar-refractivity contribution >= 4 is 79.0 Å². The van der Waals surface area contributed by atoms with Crippen LogP contribution in [0.25, 0.3) is 0 Å². The minimum absolute atomic E-state index is 0.0285. The van der Waals surface area contributed by atoms with Crippen molar-refractivity contribution in [3.8, 4) is 11.8 Å². The Labute approximate surface area is 182 Å². The summed E-state index contributed by atoms with van der Waals surface area (Å²) < 4.78 is 0. The normalized spacial score (nSPS) is 10.8. The highest BCUT2D eigenvalue weighted by molar-refractivity contribution is 8.01. The summed E-state index contributed by atoms with van der Waals surface area (Å²) in [4.78, 5) is 0. The summed E-state index contributed by atoms with van der Waals surface area (Å²) in [5.41, 5.74) is 2.08. The molecule has 1 aromatic rings. The number of aromatic hydroxyl groups is 1. The largest absolute Gasteiger partial charge is 0.506 e. The highest BCUT2D eigenvalue weighted by Crippen LogP contribution is 2.37. The number of rotatable bonds is 4. The third-order valence-electron chi connectivity index (χ3n) is 4.46. The molecule has 0 heterocycles. The maximum absolute atomic E-state index is 10.1. The summed E-state index contributed by atoms with van der Waals surface area (Å²) in [5, 5.41) is 19.2. The van der Waals surface area contributed by atoms with Crippen LogP contribution >= 0.6 is 0 Å². The van der Waals surface area contributed by atoms with Crippen LogP contribution in [0.5, 0.6) is 5.75 Å². The van der Waals surface area contributed by atoms with Crippen molar-refractivity contribution in [1.29, 1.82) is 5.26 Å². The van der Waals surface area contributed by atoms with Gasteiger partial charge in [-0.15, -0.1) is 0 Å². The van der Waals surface area contributed by atoms with Crippen LogP contribution in [-0.2, 0) is 10.8 Å². The van der Waals surface area contributed by atoms with E-state index in [2.05, 4.69) is 26.8 Å². The molecule has 0 fully saturated rings. The van der Waals surface area contributed by atoms with Gasteiger partial charge in [0.2, 0.25) is 0 Å². The fourth-order valence-electron chi connectivity index (χ4n) is 2.62. The van der Waals surface area contributed by atoms with Crippen molar-refractivity contribution in [2.45, 2.75) is 52.4 Å². The van der Waals surface area contributed by atoms with Crippen LogP contribution in [-0.4, -0.2) is 84.1 Å². The number of benzene rings is 1. The lowest BCUT2D eigenvalue weighted by Crippen LogP contribution is -2.63. The molecule has 1 rings (SSSR count). The van der Waals surface area contributed by atoms with E-state index in [0.717, 1.165) is 11.1 Å². The van der Waals surface area contributed by atoms with Gasteiger partial charge in [-0.25, -0.2) is 0 Å². The van der Waals surface area contributed by atoms with Crippen LogP contribution in [0.15, 0.2) is 12.1 Å². The molecule has 1 N–H and O–H groups in total. The van der Waals surface area contributed by atoms with Gasteiger partial charge in [0.05, 0.1) is 5.56 Å². The molecule has 2 nitrogen and oxygen atoms in total. The lowest BCUT2D eigenvalue weighted by molar-refractivity contribution is 0.443. The van der Waals surface area contributed by atoms with Gasteiger partial charge >= 0.3 is 0 Å². The van der Waals surface area contributed by atoms with Crippen LogP contribution in [0.4, 0.5) is 0 Å². The van der Waals surface area contributed by atoms with Gasteiger partial charge in [-0.05, 0) is 22.5 Å². The molecule has 13 heteroatoms. The minimum Gasteiger partial charge on any atom is -0.506 e. The van der Waals surface area contributed by atoms with Crippen molar-refractivity contribution in [3.05, 3.63) is 28.8 Å². The summed E-state index contributed by atoms with van der Waals surface area (Å²) in [6, 6.07) is 5.86. The first kappa shape index (κ1) is 27.2. The van der Waals surface area contributed by atoms with Crippen LogP contribution in [0.3, 0.4) is 0 Å². The molecular formula is C15H21B11NO. The summed E-state index contributed by atoms with van der Waals surface area (Å²) in [6.07, 6.45) is -2.15. The van der Waals surface area contributed by atoms with Gasteiger partial charge in [-0.1, -0.05) is 47.6 Å². The molecule has 13 radical (unpaired) electrons. The van der Waals surface area contributed by atoms with E-state index < -0.39 is 19.2 Å². The Hall–Kier alpha value is -0.776. The van der Waals surface area contributed by atoms with Gasteiger partial charge < -0.3 is 5.11 Å². The van der Waals surface area contributed by atoms with Crippen LogP contribution in [0.2, 0.25) is 0 Å². The van der Waals surface area contributed by atoms with Gasteiger partial charge in [0, 0.05) is 84.6 Å². The monoisotopic (exact) mass is 352 g/mol. The maximum Gasteiger partial charge on any atom is 0.137 e. The van der Waals surface area contributed by atoms with E-state index in [1.807, 2.05) is 26.8 Å². The second-order valence-corrected chi connectivity index (χ2v) is 9.03. The quantitative estimate of drug-likeness (QED) is 0.756. The van der Waals surface area contributed by atoms with E-state index in [1.165, 1.54) is 7.06 Å². The molecule has 0 spiro atoms. The molecule has 0 unspecified atom stereocenters. The van der Waals surface area contributed by atoms with Crippen LogP contribution in [0.1, 0.15) is 58.2 Å². The van der Waals surface area contributed by atoms with Gasteiger partial charge in [-0.2, -0.15) is 5.26 Å². The van der Waals surface area contributed by atoms with Gasteiger partial charge in [-0.3, -0.25) is 0 Å². The van der Waals surface area contributed by atoms with Crippen LogP contribution in [0, 0.1) is 11.3 Å². The molecule has 0 saturated heterocycles. The second kappa shape index (κ2) is 10.8. The first-order chi connectivity index (χ1) is 12.6.